The molecular weight excluding hydrogens is 308 g/mol. The zero-order valence-corrected chi connectivity index (χ0v) is 13.5. The molecule has 0 atom stereocenters. The Morgan fingerprint density at radius 2 is 2.11 bits per heavy atom. The molecule has 0 saturated heterocycles. The Morgan fingerprint density at radius 1 is 1.42 bits per heavy atom. The van der Waals surface area contributed by atoms with Crippen molar-refractivity contribution in [1.29, 1.82) is 0 Å². The molecule has 19 heavy (non-hydrogen) atoms. The van der Waals surface area contributed by atoms with Crippen LogP contribution in [0.15, 0.2) is 16.7 Å². The fourth-order valence-electron chi connectivity index (χ4n) is 2.23. The largest absolute Gasteiger partial charge is 0.392 e. The predicted molar refractivity (Wildman–Crippen MR) is 81.5 cm³/mol. The molecule has 1 aromatic rings. The molecule has 0 aliphatic carbocycles. The summed E-state index contributed by atoms with van der Waals surface area (Å²) in [5.41, 5.74) is 0.845. The first-order valence-corrected chi connectivity index (χ1v) is 7.48. The maximum Gasteiger partial charge on any atom is 0.134 e. The van der Waals surface area contributed by atoms with E-state index in [0.717, 1.165) is 35.2 Å². The van der Waals surface area contributed by atoms with Crippen LogP contribution in [0.3, 0.4) is 0 Å². The van der Waals surface area contributed by atoms with Gasteiger partial charge in [-0.2, -0.15) is 0 Å². The first-order chi connectivity index (χ1) is 9.17. The topological polar surface area (TPSA) is 45.6 Å². The maximum absolute atomic E-state index is 9.53. The van der Waals surface area contributed by atoms with Crippen LogP contribution in [0.1, 0.15) is 32.3 Å². The van der Waals surface area contributed by atoms with Crippen molar-refractivity contribution in [2.24, 2.45) is 0 Å². The monoisotopic (exact) mass is 330 g/mol. The highest BCUT2D eigenvalue weighted by atomic mass is 79.9. The van der Waals surface area contributed by atoms with E-state index < -0.39 is 0 Å². The van der Waals surface area contributed by atoms with Crippen LogP contribution in [0.2, 0.25) is 0 Å². The van der Waals surface area contributed by atoms with E-state index in [2.05, 4.69) is 39.7 Å². The first-order valence-electron chi connectivity index (χ1n) is 6.68. The summed E-state index contributed by atoms with van der Waals surface area (Å²) in [6, 6.07) is 2.33. The number of nitrogens with zero attached hydrogens (tertiary/aromatic N) is 2. The van der Waals surface area contributed by atoms with Gasteiger partial charge in [0.25, 0.3) is 0 Å². The van der Waals surface area contributed by atoms with E-state index in [0.29, 0.717) is 12.6 Å². The van der Waals surface area contributed by atoms with Crippen LogP contribution in [0.5, 0.6) is 0 Å². The van der Waals surface area contributed by atoms with Gasteiger partial charge in [-0.25, -0.2) is 4.98 Å². The minimum Gasteiger partial charge on any atom is -0.392 e. The predicted octanol–water partition coefficient (Wildman–Crippen LogP) is 2.98. The highest BCUT2D eigenvalue weighted by Gasteiger charge is 2.19. The van der Waals surface area contributed by atoms with Crippen molar-refractivity contribution in [3.63, 3.8) is 0 Å². The summed E-state index contributed by atoms with van der Waals surface area (Å²) >= 11 is 3.39. The van der Waals surface area contributed by atoms with Crippen molar-refractivity contribution in [1.82, 2.24) is 4.98 Å². The fourth-order valence-corrected chi connectivity index (χ4v) is 2.61. The van der Waals surface area contributed by atoms with Crippen LogP contribution in [0.4, 0.5) is 5.82 Å². The molecule has 0 aliphatic heterocycles. The minimum atomic E-state index is -0.00853. The molecule has 108 valence electrons. The molecule has 0 radical (unpaired) electrons. The van der Waals surface area contributed by atoms with Gasteiger partial charge in [-0.05, 0) is 34.8 Å². The normalized spacial score (nSPS) is 11.1. The number of hydrogen-bond donors (Lipinski definition) is 1. The Kier molecular flexibility index (Phi) is 7.34. The van der Waals surface area contributed by atoms with Crippen LogP contribution >= 0.6 is 15.9 Å². The summed E-state index contributed by atoms with van der Waals surface area (Å²) in [7, 11) is 1.70. The van der Waals surface area contributed by atoms with E-state index in [1.807, 2.05) is 6.07 Å². The lowest BCUT2D eigenvalue weighted by atomic mass is 10.1. The van der Waals surface area contributed by atoms with Gasteiger partial charge in [-0.3, -0.25) is 0 Å². The molecule has 0 bridgehead atoms. The Balaban J connectivity index is 3.08. The van der Waals surface area contributed by atoms with E-state index in [1.54, 1.807) is 13.3 Å². The number of anilines is 1. The Hall–Kier alpha value is -0.650. The second-order valence-electron chi connectivity index (χ2n) is 4.45. The number of halogens is 1. The molecular formula is C14H23BrN2O2. The molecule has 0 amide bonds. The molecule has 1 aromatic heterocycles. The molecule has 1 rings (SSSR count). The van der Waals surface area contributed by atoms with Crippen molar-refractivity contribution in [3.05, 3.63) is 22.3 Å². The smallest absolute Gasteiger partial charge is 0.134 e. The van der Waals surface area contributed by atoms with Crippen LogP contribution in [0.25, 0.3) is 0 Å². The van der Waals surface area contributed by atoms with Gasteiger partial charge in [-0.15, -0.1) is 0 Å². The zero-order chi connectivity index (χ0) is 14.3. The van der Waals surface area contributed by atoms with Gasteiger partial charge in [0.2, 0.25) is 0 Å². The van der Waals surface area contributed by atoms with Gasteiger partial charge in [0.15, 0.2) is 0 Å². The summed E-state index contributed by atoms with van der Waals surface area (Å²) in [6.07, 6.45) is 3.86. The van der Waals surface area contributed by atoms with Crippen LogP contribution < -0.4 is 4.90 Å². The molecule has 1 heterocycles. The molecule has 4 nitrogen and oxygen atoms in total. The number of hydrogen-bond acceptors (Lipinski definition) is 4. The second kappa shape index (κ2) is 8.51. The summed E-state index contributed by atoms with van der Waals surface area (Å²) < 4.78 is 6.07. The van der Waals surface area contributed by atoms with E-state index in [-0.39, 0.29) is 6.61 Å². The third kappa shape index (κ3) is 4.44. The lowest BCUT2D eigenvalue weighted by molar-refractivity contribution is 0.202. The lowest BCUT2D eigenvalue weighted by Gasteiger charge is -2.32. The number of rotatable bonds is 8. The zero-order valence-electron chi connectivity index (χ0n) is 11.9. The standard InChI is InChI=1S/C14H23BrN2O2/c1-4-13(5-2)17(6-7-19-3)14-11(10-18)8-12(15)9-16-14/h8-9,13,18H,4-7,10H2,1-3H3. The average Bonchev–Trinajstić information content (AvgIpc) is 2.43. The van der Waals surface area contributed by atoms with Gasteiger partial charge in [0.05, 0.1) is 13.2 Å². The Morgan fingerprint density at radius 3 is 2.63 bits per heavy atom. The van der Waals surface area contributed by atoms with E-state index in [9.17, 15) is 5.11 Å². The molecule has 0 aliphatic rings. The van der Waals surface area contributed by atoms with Crippen molar-refractivity contribution in [2.45, 2.75) is 39.3 Å². The molecule has 0 aromatic carbocycles. The van der Waals surface area contributed by atoms with E-state index >= 15 is 0 Å². The van der Waals surface area contributed by atoms with Crippen LogP contribution in [0, 0.1) is 0 Å². The molecule has 0 saturated carbocycles. The minimum absolute atomic E-state index is 0.00853. The second-order valence-corrected chi connectivity index (χ2v) is 5.37. The molecule has 5 heteroatoms. The van der Waals surface area contributed by atoms with Gasteiger partial charge in [0, 0.05) is 35.9 Å². The fraction of sp³-hybridized carbons (Fsp3) is 0.643. The number of aliphatic hydroxyl groups excluding tert-OH is 1. The number of ether oxygens (including phenoxy) is 1. The van der Waals surface area contributed by atoms with E-state index in [1.165, 1.54) is 0 Å². The lowest BCUT2D eigenvalue weighted by Crippen LogP contribution is -2.38. The van der Waals surface area contributed by atoms with Gasteiger partial charge < -0.3 is 14.7 Å². The Labute approximate surface area is 123 Å². The molecule has 0 fully saturated rings. The summed E-state index contributed by atoms with van der Waals surface area (Å²) in [5, 5.41) is 9.53. The molecule has 0 spiro atoms. The Bertz CT molecular complexity index is 384. The highest BCUT2D eigenvalue weighted by molar-refractivity contribution is 9.10. The van der Waals surface area contributed by atoms with Crippen LogP contribution in [-0.2, 0) is 11.3 Å². The number of pyridine rings is 1. The summed E-state index contributed by atoms with van der Waals surface area (Å²) in [6.45, 7) is 5.77. The number of methoxy groups -OCH3 is 1. The summed E-state index contributed by atoms with van der Waals surface area (Å²) in [4.78, 5) is 6.72. The third-order valence-electron chi connectivity index (χ3n) is 3.27. The van der Waals surface area contributed by atoms with Gasteiger partial charge >= 0.3 is 0 Å². The number of aromatic nitrogens is 1. The quantitative estimate of drug-likeness (QED) is 0.795. The van der Waals surface area contributed by atoms with E-state index in [4.69, 9.17) is 4.74 Å². The van der Waals surface area contributed by atoms with Crippen molar-refractivity contribution in [3.8, 4) is 0 Å². The third-order valence-corrected chi connectivity index (χ3v) is 3.71. The van der Waals surface area contributed by atoms with Crippen LogP contribution in [-0.4, -0.2) is 36.4 Å². The van der Waals surface area contributed by atoms with Crippen molar-refractivity contribution >= 4 is 21.7 Å². The van der Waals surface area contributed by atoms with Crippen molar-refractivity contribution < 1.29 is 9.84 Å². The molecule has 1 N–H and O–H groups in total. The SMILES string of the molecule is CCC(CC)N(CCOC)c1ncc(Br)cc1CO. The maximum atomic E-state index is 9.53. The molecule has 0 unspecified atom stereocenters. The number of aliphatic hydroxyl groups is 1. The first kappa shape index (κ1) is 16.4. The average molecular weight is 331 g/mol. The van der Waals surface area contributed by atoms with Crippen molar-refractivity contribution in [2.75, 3.05) is 25.2 Å². The summed E-state index contributed by atoms with van der Waals surface area (Å²) in [5.74, 6) is 0.858. The van der Waals surface area contributed by atoms with Gasteiger partial charge in [0.1, 0.15) is 5.82 Å². The highest BCUT2D eigenvalue weighted by Crippen LogP contribution is 2.25. The van der Waals surface area contributed by atoms with Gasteiger partial charge in [-0.1, -0.05) is 13.8 Å².